The largest absolute Gasteiger partial charge is 0.320 e. The summed E-state index contributed by atoms with van der Waals surface area (Å²) in [5.74, 6) is -0.773. The summed E-state index contributed by atoms with van der Waals surface area (Å²) in [6.07, 6.45) is 0. The molecule has 0 radical (unpaired) electrons. The van der Waals surface area contributed by atoms with Crippen molar-refractivity contribution in [3.8, 4) is 0 Å². The van der Waals surface area contributed by atoms with Crippen LogP contribution in [0.1, 0.15) is 22.7 Å². The molecule has 0 saturated heterocycles. The standard InChI is InChI=1S/C14H12ClF2N/c1-8-4-9(6-11(17)5-8)14(18)12-3-2-10(16)7-13(12)15/h2-7,14H,18H2,1H3. The van der Waals surface area contributed by atoms with E-state index in [2.05, 4.69) is 0 Å². The van der Waals surface area contributed by atoms with Crippen LogP contribution in [-0.4, -0.2) is 0 Å². The van der Waals surface area contributed by atoms with E-state index in [1.807, 2.05) is 0 Å². The van der Waals surface area contributed by atoms with E-state index in [1.165, 1.54) is 30.3 Å². The van der Waals surface area contributed by atoms with Gasteiger partial charge in [-0.25, -0.2) is 8.78 Å². The molecule has 1 unspecified atom stereocenters. The lowest BCUT2D eigenvalue weighted by molar-refractivity contribution is 0.620. The first kappa shape index (κ1) is 13.0. The van der Waals surface area contributed by atoms with Crippen molar-refractivity contribution in [1.82, 2.24) is 0 Å². The minimum Gasteiger partial charge on any atom is -0.320 e. The lowest BCUT2D eigenvalue weighted by atomic mass is 9.98. The van der Waals surface area contributed by atoms with Crippen LogP contribution in [0.15, 0.2) is 36.4 Å². The van der Waals surface area contributed by atoms with Crippen molar-refractivity contribution < 1.29 is 8.78 Å². The fraction of sp³-hybridized carbons (Fsp3) is 0.143. The van der Waals surface area contributed by atoms with Gasteiger partial charge in [0.1, 0.15) is 11.6 Å². The highest BCUT2D eigenvalue weighted by molar-refractivity contribution is 6.31. The van der Waals surface area contributed by atoms with E-state index in [1.54, 1.807) is 13.0 Å². The number of halogens is 3. The summed E-state index contributed by atoms with van der Waals surface area (Å²) >= 11 is 5.94. The Kier molecular flexibility index (Phi) is 3.64. The summed E-state index contributed by atoms with van der Waals surface area (Å²) in [5, 5.41) is 0.240. The molecule has 2 N–H and O–H groups in total. The third kappa shape index (κ3) is 2.68. The number of rotatable bonds is 2. The lowest BCUT2D eigenvalue weighted by Crippen LogP contribution is -2.13. The second-order valence-electron chi connectivity index (χ2n) is 4.21. The van der Waals surface area contributed by atoms with Gasteiger partial charge in [0.15, 0.2) is 0 Å². The Balaban J connectivity index is 2.44. The Labute approximate surface area is 109 Å². The van der Waals surface area contributed by atoms with Crippen LogP contribution in [0, 0.1) is 18.6 Å². The highest BCUT2D eigenvalue weighted by Crippen LogP contribution is 2.28. The van der Waals surface area contributed by atoms with Crippen LogP contribution >= 0.6 is 11.6 Å². The summed E-state index contributed by atoms with van der Waals surface area (Å²) < 4.78 is 26.3. The molecule has 0 saturated carbocycles. The van der Waals surface area contributed by atoms with E-state index in [0.717, 1.165) is 5.56 Å². The first-order valence-electron chi connectivity index (χ1n) is 5.45. The van der Waals surface area contributed by atoms with Crippen LogP contribution < -0.4 is 5.73 Å². The summed E-state index contributed by atoms with van der Waals surface area (Å²) in [5.41, 5.74) is 7.99. The summed E-state index contributed by atoms with van der Waals surface area (Å²) in [7, 11) is 0. The van der Waals surface area contributed by atoms with Gasteiger partial charge in [-0.1, -0.05) is 23.7 Å². The summed E-state index contributed by atoms with van der Waals surface area (Å²) in [6, 6.07) is 7.99. The van der Waals surface area contributed by atoms with Crippen molar-refractivity contribution in [1.29, 1.82) is 0 Å². The first-order chi connectivity index (χ1) is 8.47. The van der Waals surface area contributed by atoms with Crippen LogP contribution in [0.2, 0.25) is 5.02 Å². The van der Waals surface area contributed by atoms with Crippen molar-refractivity contribution in [2.24, 2.45) is 5.73 Å². The van der Waals surface area contributed by atoms with Crippen molar-refractivity contribution in [3.63, 3.8) is 0 Å². The molecule has 0 bridgehead atoms. The zero-order chi connectivity index (χ0) is 13.3. The van der Waals surface area contributed by atoms with Crippen molar-refractivity contribution in [3.05, 3.63) is 69.7 Å². The quantitative estimate of drug-likeness (QED) is 0.875. The van der Waals surface area contributed by atoms with Crippen LogP contribution in [0.5, 0.6) is 0 Å². The third-order valence-corrected chi connectivity index (χ3v) is 3.05. The topological polar surface area (TPSA) is 26.0 Å². The zero-order valence-corrected chi connectivity index (χ0v) is 10.5. The SMILES string of the molecule is Cc1cc(F)cc(C(N)c2ccc(F)cc2Cl)c1. The van der Waals surface area contributed by atoms with E-state index < -0.39 is 11.9 Å². The Morgan fingerprint density at radius 2 is 1.78 bits per heavy atom. The monoisotopic (exact) mass is 267 g/mol. The molecule has 0 fully saturated rings. The summed E-state index contributed by atoms with van der Waals surface area (Å²) in [6.45, 7) is 1.78. The molecule has 0 amide bonds. The fourth-order valence-electron chi connectivity index (χ4n) is 1.88. The first-order valence-corrected chi connectivity index (χ1v) is 5.83. The molecule has 1 atom stereocenters. The molecule has 94 valence electrons. The van der Waals surface area contributed by atoms with Gasteiger partial charge >= 0.3 is 0 Å². The Hall–Kier alpha value is -1.45. The molecular weight excluding hydrogens is 256 g/mol. The van der Waals surface area contributed by atoms with Gasteiger partial charge in [-0.15, -0.1) is 0 Å². The molecule has 1 nitrogen and oxygen atoms in total. The maximum absolute atomic E-state index is 13.3. The molecule has 4 heteroatoms. The number of nitrogens with two attached hydrogens (primary N) is 1. The molecule has 0 aliphatic carbocycles. The molecule has 18 heavy (non-hydrogen) atoms. The third-order valence-electron chi connectivity index (χ3n) is 2.72. The molecule has 0 spiro atoms. The van der Waals surface area contributed by atoms with Gasteiger partial charge < -0.3 is 5.73 Å². The Bertz CT molecular complexity index is 564. The predicted molar refractivity (Wildman–Crippen MR) is 68.6 cm³/mol. The molecule has 0 heterocycles. The van der Waals surface area contributed by atoms with Crippen molar-refractivity contribution in [2.75, 3.05) is 0 Å². The van der Waals surface area contributed by atoms with Crippen molar-refractivity contribution in [2.45, 2.75) is 13.0 Å². The molecule has 0 aromatic heterocycles. The highest BCUT2D eigenvalue weighted by atomic mass is 35.5. The Morgan fingerprint density at radius 3 is 2.39 bits per heavy atom. The second kappa shape index (κ2) is 5.04. The van der Waals surface area contributed by atoms with Gasteiger partial charge in [-0.2, -0.15) is 0 Å². The summed E-state index contributed by atoms with van der Waals surface area (Å²) in [4.78, 5) is 0. The van der Waals surface area contributed by atoms with E-state index in [4.69, 9.17) is 17.3 Å². The molecule has 2 aromatic rings. The minimum atomic E-state index is -0.576. The normalized spacial score (nSPS) is 12.5. The van der Waals surface area contributed by atoms with Gasteiger partial charge in [0, 0.05) is 5.02 Å². The number of benzene rings is 2. The number of aryl methyl sites for hydroxylation is 1. The second-order valence-corrected chi connectivity index (χ2v) is 4.61. The van der Waals surface area contributed by atoms with Gasteiger partial charge in [0.05, 0.1) is 6.04 Å². The average molecular weight is 268 g/mol. The molecule has 2 rings (SSSR count). The molecule has 0 aliphatic rings. The van der Waals surface area contributed by atoms with Gasteiger partial charge in [0.25, 0.3) is 0 Å². The predicted octanol–water partition coefficient (Wildman–Crippen LogP) is 3.97. The van der Waals surface area contributed by atoms with Gasteiger partial charge in [-0.3, -0.25) is 0 Å². The van der Waals surface area contributed by atoms with E-state index >= 15 is 0 Å². The highest BCUT2D eigenvalue weighted by Gasteiger charge is 2.14. The number of hydrogen-bond donors (Lipinski definition) is 1. The molecule has 0 aliphatic heterocycles. The molecule has 2 aromatic carbocycles. The fourth-order valence-corrected chi connectivity index (χ4v) is 2.16. The van der Waals surface area contributed by atoms with Crippen molar-refractivity contribution >= 4 is 11.6 Å². The average Bonchev–Trinajstić information content (AvgIpc) is 2.26. The minimum absolute atomic E-state index is 0.240. The van der Waals surface area contributed by atoms with E-state index in [0.29, 0.717) is 11.1 Å². The Morgan fingerprint density at radius 1 is 1.06 bits per heavy atom. The van der Waals surface area contributed by atoms with Crippen LogP contribution in [-0.2, 0) is 0 Å². The lowest BCUT2D eigenvalue weighted by Gasteiger charge is -2.15. The van der Waals surface area contributed by atoms with E-state index in [9.17, 15) is 8.78 Å². The molecular formula is C14H12ClF2N. The van der Waals surface area contributed by atoms with Gasteiger partial charge in [-0.05, 0) is 47.9 Å². The van der Waals surface area contributed by atoms with Crippen LogP contribution in [0.4, 0.5) is 8.78 Å². The van der Waals surface area contributed by atoms with E-state index in [-0.39, 0.29) is 10.8 Å². The van der Waals surface area contributed by atoms with Gasteiger partial charge in [0.2, 0.25) is 0 Å². The maximum Gasteiger partial charge on any atom is 0.124 e. The maximum atomic E-state index is 13.3. The van der Waals surface area contributed by atoms with Crippen LogP contribution in [0.25, 0.3) is 0 Å². The smallest absolute Gasteiger partial charge is 0.124 e. The number of hydrogen-bond acceptors (Lipinski definition) is 1. The van der Waals surface area contributed by atoms with Crippen LogP contribution in [0.3, 0.4) is 0 Å². The zero-order valence-electron chi connectivity index (χ0n) is 9.75.